The van der Waals surface area contributed by atoms with Gasteiger partial charge < -0.3 is 10.0 Å². The SMILES string of the molecule is Cc1nc(N2CCC[C@@H]2C)ncc1C(=O)O. The van der Waals surface area contributed by atoms with E-state index in [9.17, 15) is 4.79 Å². The first-order valence-electron chi connectivity index (χ1n) is 5.43. The largest absolute Gasteiger partial charge is 0.478 e. The molecular weight excluding hydrogens is 206 g/mol. The summed E-state index contributed by atoms with van der Waals surface area (Å²) < 4.78 is 0. The maximum atomic E-state index is 10.8. The highest BCUT2D eigenvalue weighted by Gasteiger charge is 2.23. The van der Waals surface area contributed by atoms with E-state index >= 15 is 0 Å². The molecule has 0 bridgehead atoms. The second-order valence-corrected chi connectivity index (χ2v) is 4.16. The lowest BCUT2D eigenvalue weighted by molar-refractivity contribution is 0.0695. The number of hydrogen-bond acceptors (Lipinski definition) is 4. The molecule has 1 saturated heterocycles. The fraction of sp³-hybridized carbons (Fsp3) is 0.545. The van der Waals surface area contributed by atoms with Crippen molar-refractivity contribution in [1.29, 1.82) is 0 Å². The number of anilines is 1. The van der Waals surface area contributed by atoms with Crippen LogP contribution in [-0.4, -0.2) is 33.6 Å². The molecule has 5 nitrogen and oxygen atoms in total. The van der Waals surface area contributed by atoms with Crippen molar-refractivity contribution in [1.82, 2.24) is 9.97 Å². The molecule has 2 rings (SSSR count). The van der Waals surface area contributed by atoms with Gasteiger partial charge in [0.05, 0.1) is 11.3 Å². The average molecular weight is 221 g/mol. The molecule has 1 aromatic heterocycles. The molecule has 1 N–H and O–H groups in total. The van der Waals surface area contributed by atoms with Crippen LogP contribution in [0.1, 0.15) is 35.8 Å². The van der Waals surface area contributed by atoms with Gasteiger partial charge >= 0.3 is 5.97 Å². The second kappa shape index (κ2) is 4.08. The van der Waals surface area contributed by atoms with Crippen LogP contribution in [0.5, 0.6) is 0 Å². The molecule has 1 fully saturated rings. The van der Waals surface area contributed by atoms with Gasteiger partial charge in [-0.05, 0) is 26.7 Å². The fourth-order valence-electron chi connectivity index (χ4n) is 2.03. The number of carbonyl (C=O) groups is 1. The van der Waals surface area contributed by atoms with Crippen molar-refractivity contribution < 1.29 is 9.90 Å². The van der Waals surface area contributed by atoms with Gasteiger partial charge in [0.25, 0.3) is 0 Å². The average Bonchev–Trinajstić information content (AvgIpc) is 2.63. The van der Waals surface area contributed by atoms with Crippen LogP contribution in [0, 0.1) is 6.92 Å². The first kappa shape index (κ1) is 10.9. The Labute approximate surface area is 94.1 Å². The van der Waals surface area contributed by atoms with Crippen LogP contribution in [0.2, 0.25) is 0 Å². The zero-order valence-electron chi connectivity index (χ0n) is 9.47. The second-order valence-electron chi connectivity index (χ2n) is 4.16. The molecule has 2 heterocycles. The van der Waals surface area contributed by atoms with Gasteiger partial charge in [0.2, 0.25) is 5.95 Å². The molecule has 0 spiro atoms. The molecule has 16 heavy (non-hydrogen) atoms. The van der Waals surface area contributed by atoms with Gasteiger partial charge in [-0.25, -0.2) is 14.8 Å². The molecule has 0 aromatic carbocycles. The number of carboxylic acids is 1. The van der Waals surface area contributed by atoms with Crippen LogP contribution >= 0.6 is 0 Å². The Balaban J connectivity index is 2.30. The highest BCUT2D eigenvalue weighted by molar-refractivity contribution is 5.88. The number of aryl methyl sites for hydroxylation is 1. The van der Waals surface area contributed by atoms with E-state index in [0.29, 0.717) is 17.7 Å². The maximum absolute atomic E-state index is 10.8. The van der Waals surface area contributed by atoms with E-state index in [1.54, 1.807) is 6.92 Å². The highest BCUT2D eigenvalue weighted by Crippen LogP contribution is 2.22. The molecule has 5 heteroatoms. The first-order valence-corrected chi connectivity index (χ1v) is 5.43. The summed E-state index contributed by atoms with van der Waals surface area (Å²) in [5, 5.41) is 8.88. The molecule has 1 aromatic rings. The summed E-state index contributed by atoms with van der Waals surface area (Å²) in [6, 6.07) is 0.440. The van der Waals surface area contributed by atoms with E-state index in [1.165, 1.54) is 6.20 Å². The first-order chi connectivity index (χ1) is 7.59. The van der Waals surface area contributed by atoms with Gasteiger partial charge in [-0.1, -0.05) is 0 Å². The molecule has 0 unspecified atom stereocenters. The van der Waals surface area contributed by atoms with Gasteiger partial charge in [0, 0.05) is 18.8 Å². The summed E-state index contributed by atoms with van der Waals surface area (Å²) in [6.07, 6.45) is 3.68. The monoisotopic (exact) mass is 221 g/mol. The Kier molecular flexibility index (Phi) is 2.77. The molecule has 0 amide bonds. The predicted octanol–water partition coefficient (Wildman–Crippen LogP) is 1.47. The Hall–Kier alpha value is -1.65. The number of aromatic nitrogens is 2. The van der Waals surface area contributed by atoms with Crippen molar-refractivity contribution >= 4 is 11.9 Å². The lowest BCUT2D eigenvalue weighted by atomic mass is 10.2. The molecule has 1 atom stereocenters. The van der Waals surface area contributed by atoms with E-state index in [-0.39, 0.29) is 5.56 Å². The summed E-state index contributed by atoms with van der Waals surface area (Å²) in [4.78, 5) is 21.3. The Morgan fingerprint density at radius 1 is 1.62 bits per heavy atom. The summed E-state index contributed by atoms with van der Waals surface area (Å²) in [5.41, 5.74) is 0.701. The van der Waals surface area contributed by atoms with Crippen LogP contribution in [0.4, 0.5) is 5.95 Å². The Bertz CT molecular complexity index is 420. The quantitative estimate of drug-likeness (QED) is 0.819. The lowest BCUT2D eigenvalue weighted by Gasteiger charge is -2.21. The standard InChI is InChI=1S/C11H15N3O2/c1-7-4-3-5-14(7)11-12-6-9(10(15)16)8(2)13-11/h6-7H,3-5H2,1-2H3,(H,15,16)/t7-/m0/s1. The maximum Gasteiger partial charge on any atom is 0.339 e. The van der Waals surface area contributed by atoms with Crippen molar-refractivity contribution in [2.45, 2.75) is 32.7 Å². The molecule has 0 radical (unpaired) electrons. The van der Waals surface area contributed by atoms with Crippen LogP contribution in [0.3, 0.4) is 0 Å². The Morgan fingerprint density at radius 3 is 2.88 bits per heavy atom. The van der Waals surface area contributed by atoms with Crippen LogP contribution in [0.25, 0.3) is 0 Å². The van der Waals surface area contributed by atoms with Crippen molar-refractivity contribution in [3.63, 3.8) is 0 Å². The van der Waals surface area contributed by atoms with E-state index < -0.39 is 5.97 Å². The molecule has 0 saturated carbocycles. The normalized spacial score (nSPS) is 20.1. The number of hydrogen-bond donors (Lipinski definition) is 1. The zero-order valence-corrected chi connectivity index (χ0v) is 9.47. The van der Waals surface area contributed by atoms with Gasteiger partial charge in [-0.3, -0.25) is 0 Å². The third-order valence-corrected chi connectivity index (χ3v) is 3.01. The van der Waals surface area contributed by atoms with Crippen molar-refractivity contribution in [2.75, 3.05) is 11.4 Å². The predicted molar refractivity (Wildman–Crippen MR) is 59.8 cm³/mol. The number of nitrogens with zero attached hydrogens (tertiary/aromatic N) is 3. The van der Waals surface area contributed by atoms with Crippen LogP contribution < -0.4 is 4.90 Å². The van der Waals surface area contributed by atoms with Gasteiger partial charge in [0.1, 0.15) is 0 Å². The highest BCUT2D eigenvalue weighted by atomic mass is 16.4. The van der Waals surface area contributed by atoms with Crippen molar-refractivity contribution in [3.05, 3.63) is 17.5 Å². The molecule has 86 valence electrons. The van der Waals surface area contributed by atoms with Crippen molar-refractivity contribution in [3.8, 4) is 0 Å². The smallest absolute Gasteiger partial charge is 0.339 e. The Morgan fingerprint density at radius 2 is 2.38 bits per heavy atom. The van der Waals surface area contributed by atoms with Crippen molar-refractivity contribution in [2.24, 2.45) is 0 Å². The number of rotatable bonds is 2. The van der Waals surface area contributed by atoms with E-state index in [1.807, 2.05) is 0 Å². The van der Waals surface area contributed by atoms with E-state index in [2.05, 4.69) is 21.8 Å². The van der Waals surface area contributed by atoms with Gasteiger partial charge in [0.15, 0.2) is 0 Å². The summed E-state index contributed by atoms with van der Waals surface area (Å²) in [7, 11) is 0. The molecule has 1 aliphatic heterocycles. The fourth-order valence-corrected chi connectivity index (χ4v) is 2.03. The minimum Gasteiger partial charge on any atom is -0.478 e. The van der Waals surface area contributed by atoms with E-state index in [4.69, 9.17) is 5.11 Å². The van der Waals surface area contributed by atoms with Gasteiger partial charge in [-0.2, -0.15) is 0 Å². The van der Waals surface area contributed by atoms with Crippen LogP contribution in [0.15, 0.2) is 6.20 Å². The third-order valence-electron chi connectivity index (χ3n) is 3.01. The third kappa shape index (κ3) is 1.85. The molecule has 1 aliphatic rings. The van der Waals surface area contributed by atoms with Gasteiger partial charge in [-0.15, -0.1) is 0 Å². The lowest BCUT2D eigenvalue weighted by Crippen LogP contribution is -2.28. The minimum absolute atomic E-state index is 0.176. The zero-order chi connectivity index (χ0) is 11.7. The molecule has 0 aliphatic carbocycles. The summed E-state index contributed by atoms with van der Waals surface area (Å²) in [5.74, 6) is -0.328. The van der Waals surface area contributed by atoms with E-state index in [0.717, 1.165) is 19.4 Å². The summed E-state index contributed by atoms with van der Waals surface area (Å²) >= 11 is 0. The number of carboxylic acid groups (broad SMARTS) is 1. The van der Waals surface area contributed by atoms with Crippen LogP contribution in [-0.2, 0) is 0 Å². The molecular formula is C11H15N3O2. The minimum atomic E-state index is -0.974. The number of aromatic carboxylic acids is 1. The topological polar surface area (TPSA) is 66.3 Å². The summed E-state index contributed by atoms with van der Waals surface area (Å²) in [6.45, 7) is 4.79.